The Morgan fingerprint density at radius 2 is 1.88 bits per heavy atom. The van der Waals surface area contributed by atoms with Crippen molar-refractivity contribution in [3.63, 3.8) is 0 Å². The summed E-state index contributed by atoms with van der Waals surface area (Å²) in [5.74, 6) is 0.340. The van der Waals surface area contributed by atoms with Gasteiger partial charge in [0.1, 0.15) is 23.5 Å². The van der Waals surface area contributed by atoms with Gasteiger partial charge in [0, 0.05) is 39.8 Å². The van der Waals surface area contributed by atoms with Crippen molar-refractivity contribution in [2.45, 2.75) is 50.6 Å². The third kappa shape index (κ3) is 6.70. The molecule has 4 N–H and O–H groups in total. The summed E-state index contributed by atoms with van der Waals surface area (Å²) < 4.78 is 7.05. The summed E-state index contributed by atoms with van der Waals surface area (Å²) in [6, 6.07) is 6.07. The Morgan fingerprint density at radius 3 is 2.61 bits per heavy atom. The number of fused-ring (bicyclic) bond motifs is 1. The molecule has 1 aromatic heterocycles. The molecule has 12 nitrogen and oxygen atoms in total. The average molecular weight is 565 g/mol. The van der Waals surface area contributed by atoms with Crippen LogP contribution in [-0.2, 0) is 29.5 Å². The van der Waals surface area contributed by atoms with Gasteiger partial charge in [0.2, 0.25) is 11.8 Å². The Balaban J connectivity index is 1.24. The second kappa shape index (κ2) is 12.7. The Kier molecular flexibility index (Phi) is 8.87. The van der Waals surface area contributed by atoms with Crippen molar-refractivity contribution >= 4 is 23.9 Å². The SMILES string of the molecule is COc1ccc(CC2CC(C(=O)NCC3=Cc4nnn(C)c4CC3)N(C(=O)C(N)CNC(=O)N3CCCC3)C2)cc1. The molecule has 5 rings (SSSR count). The molecule has 3 unspecified atom stereocenters. The zero-order valence-corrected chi connectivity index (χ0v) is 23.8. The van der Waals surface area contributed by atoms with Gasteiger partial charge in [0.15, 0.2) is 0 Å². The molecule has 41 heavy (non-hydrogen) atoms. The monoisotopic (exact) mass is 564 g/mol. The van der Waals surface area contributed by atoms with Crippen molar-refractivity contribution in [1.29, 1.82) is 0 Å². The van der Waals surface area contributed by atoms with Gasteiger partial charge in [-0.05, 0) is 73.8 Å². The zero-order chi connectivity index (χ0) is 28.9. The molecule has 2 aromatic rings. The summed E-state index contributed by atoms with van der Waals surface area (Å²) >= 11 is 0. The van der Waals surface area contributed by atoms with Gasteiger partial charge in [0.25, 0.3) is 0 Å². The molecule has 2 saturated heterocycles. The highest BCUT2D eigenvalue weighted by Gasteiger charge is 2.41. The number of amides is 4. The molecule has 0 bridgehead atoms. The van der Waals surface area contributed by atoms with Crippen LogP contribution < -0.4 is 21.1 Å². The summed E-state index contributed by atoms with van der Waals surface area (Å²) in [4.78, 5) is 42.8. The maximum atomic E-state index is 13.5. The summed E-state index contributed by atoms with van der Waals surface area (Å²) in [7, 11) is 3.51. The van der Waals surface area contributed by atoms with E-state index in [9.17, 15) is 14.4 Å². The predicted octanol–water partition coefficient (Wildman–Crippen LogP) is 0.862. The summed E-state index contributed by atoms with van der Waals surface area (Å²) in [5, 5.41) is 14.1. The van der Waals surface area contributed by atoms with Crippen LogP contribution in [0.1, 0.15) is 42.6 Å². The molecule has 2 fully saturated rings. The Labute approximate surface area is 240 Å². The van der Waals surface area contributed by atoms with E-state index in [-0.39, 0.29) is 30.3 Å². The zero-order valence-electron chi connectivity index (χ0n) is 23.8. The number of carbonyl (C=O) groups is 3. The summed E-state index contributed by atoms with van der Waals surface area (Å²) in [5.41, 5.74) is 10.4. The van der Waals surface area contributed by atoms with Crippen LogP contribution in [0.5, 0.6) is 5.75 Å². The molecule has 4 amide bonds. The first kappa shape index (κ1) is 28.6. The lowest BCUT2D eigenvalue weighted by molar-refractivity contribution is -0.139. The van der Waals surface area contributed by atoms with Crippen LogP contribution in [0.2, 0.25) is 0 Å². The van der Waals surface area contributed by atoms with E-state index in [0.717, 1.165) is 60.4 Å². The maximum absolute atomic E-state index is 13.5. The van der Waals surface area contributed by atoms with Crippen molar-refractivity contribution in [2.75, 3.05) is 39.8 Å². The van der Waals surface area contributed by atoms with Crippen LogP contribution in [-0.4, -0.2) is 94.6 Å². The van der Waals surface area contributed by atoms with E-state index >= 15 is 0 Å². The summed E-state index contributed by atoms with van der Waals surface area (Å²) in [6.45, 7) is 2.25. The molecule has 1 aromatic carbocycles. The molecule has 1 aliphatic carbocycles. The fourth-order valence-electron chi connectivity index (χ4n) is 5.98. The van der Waals surface area contributed by atoms with Crippen molar-refractivity contribution in [2.24, 2.45) is 18.7 Å². The highest BCUT2D eigenvalue weighted by atomic mass is 16.5. The minimum Gasteiger partial charge on any atom is -0.497 e. The van der Waals surface area contributed by atoms with E-state index < -0.39 is 12.1 Å². The standard InChI is InChI=1S/C29H40N8O4/c1-35-25-10-7-20(14-24(25)33-34-35)16-31-27(38)26-15-21(13-19-5-8-22(41-2)9-6-19)18-37(26)28(39)23(30)17-32-29(40)36-11-3-4-12-36/h5-6,8-9,14,21,23,26H,3-4,7,10-13,15-18,30H2,1-2H3,(H,31,38)(H,32,40). The Morgan fingerprint density at radius 1 is 1.12 bits per heavy atom. The lowest BCUT2D eigenvalue weighted by atomic mass is 9.96. The molecule has 3 atom stereocenters. The van der Waals surface area contributed by atoms with Gasteiger partial charge in [-0.1, -0.05) is 17.3 Å². The summed E-state index contributed by atoms with van der Waals surface area (Å²) in [6.07, 6.45) is 6.82. The van der Waals surface area contributed by atoms with Gasteiger partial charge in [-0.25, -0.2) is 4.79 Å². The van der Waals surface area contributed by atoms with Gasteiger partial charge in [0.05, 0.1) is 12.8 Å². The number of likely N-dealkylation sites (tertiary alicyclic amines) is 2. The topological polar surface area (TPSA) is 148 Å². The van der Waals surface area contributed by atoms with Crippen LogP contribution >= 0.6 is 0 Å². The minimum atomic E-state index is -0.937. The van der Waals surface area contributed by atoms with E-state index in [1.807, 2.05) is 37.4 Å². The number of nitrogens with one attached hydrogen (secondary N) is 2. The number of hydrogen-bond acceptors (Lipinski definition) is 7. The Hall–Kier alpha value is -3.93. The lowest BCUT2D eigenvalue weighted by Gasteiger charge is -2.27. The molecular weight excluding hydrogens is 524 g/mol. The number of nitrogens with two attached hydrogens (primary N) is 1. The number of rotatable bonds is 9. The van der Waals surface area contributed by atoms with Gasteiger partial charge >= 0.3 is 6.03 Å². The molecule has 12 heteroatoms. The minimum absolute atomic E-state index is 0.0233. The van der Waals surface area contributed by atoms with Crippen molar-refractivity contribution in [3.05, 3.63) is 46.8 Å². The maximum Gasteiger partial charge on any atom is 0.317 e. The number of hydrogen-bond donors (Lipinski definition) is 3. The number of urea groups is 1. The molecule has 220 valence electrons. The van der Waals surface area contributed by atoms with E-state index in [4.69, 9.17) is 10.5 Å². The van der Waals surface area contributed by atoms with E-state index in [2.05, 4.69) is 20.9 Å². The van der Waals surface area contributed by atoms with Gasteiger partial charge < -0.3 is 30.9 Å². The second-order valence-electron chi connectivity index (χ2n) is 11.2. The van der Waals surface area contributed by atoms with E-state index in [1.54, 1.807) is 21.6 Å². The first-order valence-corrected chi connectivity index (χ1v) is 14.4. The second-order valence-corrected chi connectivity index (χ2v) is 11.2. The van der Waals surface area contributed by atoms with E-state index in [0.29, 0.717) is 32.6 Å². The number of carbonyl (C=O) groups excluding carboxylic acids is 3. The molecule has 3 aliphatic rings. The molecule has 0 radical (unpaired) electrons. The van der Waals surface area contributed by atoms with Crippen molar-refractivity contribution in [1.82, 2.24) is 35.4 Å². The molecule has 0 spiro atoms. The van der Waals surface area contributed by atoms with Crippen LogP contribution in [0.3, 0.4) is 0 Å². The number of aromatic nitrogens is 3. The number of nitrogens with zero attached hydrogens (tertiary/aromatic N) is 5. The normalized spacial score (nSPS) is 20.8. The number of aryl methyl sites for hydroxylation is 1. The highest BCUT2D eigenvalue weighted by Crippen LogP contribution is 2.28. The average Bonchev–Trinajstić information content (AvgIpc) is 3.75. The largest absolute Gasteiger partial charge is 0.497 e. The van der Waals surface area contributed by atoms with Crippen LogP contribution in [0.15, 0.2) is 29.8 Å². The first-order chi connectivity index (χ1) is 19.8. The fraction of sp³-hybridized carbons (Fsp3) is 0.552. The number of methoxy groups -OCH3 is 1. The number of ether oxygens (including phenoxy) is 1. The molecule has 3 heterocycles. The number of benzene rings is 1. The quantitative estimate of drug-likeness (QED) is 0.409. The van der Waals surface area contributed by atoms with Crippen LogP contribution in [0.25, 0.3) is 6.08 Å². The Bertz CT molecular complexity index is 1280. The van der Waals surface area contributed by atoms with E-state index in [1.165, 1.54) is 0 Å². The molecule has 2 aliphatic heterocycles. The fourth-order valence-corrected chi connectivity index (χ4v) is 5.98. The predicted molar refractivity (Wildman–Crippen MR) is 153 cm³/mol. The molecule has 0 saturated carbocycles. The lowest BCUT2D eigenvalue weighted by Crippen LogP contribution is -2.55. The van der Waals surface area contributed by atoms with Crippen molar-refractivity contribution in [3.8, 4) is 5.75 Å². The van der Waals surface area contributed by atoms with Gasteiger partial charge in [-0.2, -0.15) is 0 Å². The highest BCUT2D eigenvalue weighted by molar-refractivity contribution is 5.91. The molecular formula is C29H40N8O4. The third-order valence-electron chi connectivity index (χ3n) is 8.33. The van der Waals surface area contributed by atoms with Gasteiger partial charge in [-0.3, -0.25) is 14.3 Å². The van der Waals surface area contributed by atoms with Crippen molar-refractivity contribution < 1.29 is 19.1 Å². The van der Waals surface area contributed by atoms with Crippen LogP contribution in [0.4, 0.5) is 4.79 Å². The third-order valence-corrected chi connectivity index (χ3v) is 8.33. The van der Waals surface area contributed by atoms with Gasteiger partial charge in [-0.15, -0.1) is 5.10 Å². The van der Waals surface area contributed by atoms with Crippen LogP contribution in [0, 0.1) is 5.92 Å². The smallest absolute Gasteiger partial charge is 0.317 e. The first-order valence-electron chi connectivity index (χ1n) is 14.4.